The van der Waals surface area contributed by atoms with E-state index in [-0.39, 0.29) is 12.4 Å². The highest BCUT2D eigenvalue weighted by Gasteiger charge is 2.14. The molecule has 0 heterocycles. The van der Waals surface area contributed by atoms with Crippen molar-refractivity contribution in [1.82, 2.24) is 0 Å². The van der Waals surface area contributed by atoms with Crippen LogP contribution in [0.4, 0.5) is 0 Å². The number of halogens is 1. The molecule has 1 aliphatic rings. The summed E-state index contributed by atoms with van der Waals surface area (Å²) >= 11 is 0. The summed E-state index contributed by atoms with van der Waals surface area (Å²) in [6.45, 7) is 3.77. The predicted molar refractivity (Wildman–Crippen MR) is 47.4 cm³/mol. The molecule has 0 radical (unpaired) electrons. The summed E-state index contributed by atoms with van der Waals surface area (Å²) < 4.78 is 0. The molecule has 0 aliphatic heterocycles. The van der Waals surface area contributed by atoms with E-state index in [1.165, 1.54) is 25.7 Å². The van der Waals surface area contributed by atoms with Crippen molar-refractivity contribution >= 4 is 12.4 Å². The van der Waals surface area contributed by atoms with Gasteiger partial charge in [-0.2, -0.15) is 0 Å². The average Bonchev–Trinajstić information content (AvgIpc) is 1.90. The SMILES string of the molecule is C=CC1CCC(N)CC1.Cl. The maximum Gasteiger partial charge on any atom is 0.00392 e. The molecule has 0 unspecified atom stereocenters. The van der Waals surface area contributed by atoms with Crippen molar-refractivity contribution in [3.05, 3.63) is 12.7 Å². The zero-order chi connectivity index (χ0) is 6.69. The van der Waals surface area contributed by atoms with Gasteiger partial charge in [0.05, 0.1) is 0 Å². The number of hydrogen-bond donors (Lipinski definition) is 1. The first-order valence-electron chi connectivity index (χ1n) is 3.71. The van der Waals surface area contributed by atoms with Gasteiger partial charge < -0.3 is 5.73 Å². The van der Waals surface area contributed by atoms with Gasteiger partial charge in [-0.1, -0.05) is 6.08 Å². The Morgan fingerprint density at radius 1 is 1.20 bits per heavy atom. The minimum atomic E-state index is 0. The Hall–Kier alpha value is -0.0100. The standard InChI is InChI=1S/C8H15N.ClH/c1-2-7-3-5-8(9)6-4-7;/h2,7-8H,1,3-6,9H2;1H. The second kappa shape index (κ2) is 4.75. The third-order valence-corrected chi connectivity index (χ3v) is 2.15. The fourth-order valence-electron chi connectivity index (χ4n) is 1.38. The summed E-state index contributed by atoms with van der Waals surface area (Å²) in [7, 11) is 0. The molecule has 0 aromatic rings. The minimum absolute atomic E-state index is 0. The maximum absolute atomic E-state index is 5.72. The van der Waals surface area contributed by atoms with Crippen LogP contribution in [-0.2, 0) is 0 Å². The lowest BCUT2D eigenvalue weighted by molar-refractivity contribution is 0.376. The van der Waals surface area contributed by atoms with Crippen LogP contribution in [0, 0.1) is 5.92 Å². The van der Waals surface area contributed by atoms with Crippen LogP contribution >= 0.6 is 12.4 Å². The van der Waals surface area contributed by atoms with Gasteiger partial charge in [-0.05, 0) is 31.6 Å². The lowest BCUT2D eigenvalue weighted by Crippen LogP contribution is -2.25. The highest BCUT2D eigenvalue weighted by Crippen LogP contribution is 2.23. The molecule has 0 amide bonds. The van der Waals surface area contributed by atoms with Crippen LogP contribution in [0.15, 0.2) is 12.7 Å². The third-order valence-electron chi connectivity index (χ3n) is 2.15. The van der Waals surface area contributed by atoms with Crippen LogP contribution in [0.3, 0.4) is 0 Å². The fourth-order valence-corrected chi connectivity index (χ4v) is 1.38. The molecule has 1 rings (SSSR count). The first-order chi connectivity index (χ1) is 4.33. The Morgan fingerprint density at radius 2 is 1.70 bits per heavy atom. The molecular weight excluding hydrogens is 146 g/mol. The van der Waals surface area contributed by atoms with Gasteiger partial charge in [0.2, 0.25) is 0 Å². The van der Waals surface area contributed by atoms with E-state index in [1.54, 1.807) is 0 Å². The van der Waals surface area contributed by atoms with E-state index >= 15 is 0 Å². The molecule has 2 N–H and O–H groups in total. The Morgan fingerprint density at radius 3 is 2.10 bits per heavy atom. The lowest BCUT2D eigenvalue weighted by atomic mass is 9.87. The normalized spacial score (nSPS) is 32.5. The largest absolute Gasteiger partial charge is 0.328 e. The van der Waals surface area contributed by atoms with Crippen LogP contribution in [0.5, 0.6) is 0 Å². The van der Waals surface area contributed by atoms with Crippen molar-refractivity contribution < 1.29 is 0 Å². The Labute approximate surface area is 69.1 Å². The van der Waals surface area contributed by atoms with E-state index in [0.717, 1.165) is 5.92 Å². The van der Waals surface area contributed by atoms with Gasteiger partial charge in [-0.25, -0.2) is 0 Å². The number of nitrogens with two attached hydrogens (primary N) is 1. The molecule has 1 saturated carbocycles. The summed E-state index contributed by atoms with van der Waals surface area (Å²) in [5.41, 5.74) is 5.72. The van der Waals surface area contributed by atoms with Gasteiger partial charge in [-0.3, -0.25) is 0 Å². The predicted octanol–water partition coefficient (Wildman–Crippen LogP) is 2.11. The molecule has 1 nitrogen and oxygen atoms in total. The van der Waals surface area contributed by atoms with Gasteiger partial charge in [0, 0.05) is 6.04 Å². The molecule has 0 spiro atoms. The molecule has 0 saturated heterocycles. The van der Waals surface area contributed by atoms with E-state index in [9.17, 15) is 0 Å². The van der Waals surface area contributed by atoms with Gasteiger partial charge in [-0.15, -0.1) is 19.0 Å². The van der Waals surface area contributed by atoms with Crippen molar-refractivity contribution in [3.63, 3.8) is 0 Å². The summed E-state index contributed by atoms with van der Waals surface area (Å²) in [5, 5.41) is 0. The van der Waals surface area contributed by atoms with E-state index in [1.807, 2.05) is 0 Å². The smallest absolute Gasteiger partial charge is 0.00392 e. The zero-order valence-corrected chi connectivity index (χ0v) is 7.07. The summed E-state index contributed by atoms with van der Waals surface area (Å²) in [5.74, 6) is 0.754. The Kier molecular flexibility index (Phi) is 4.75. The van der Waals surface area contributed by atoms with Gasteiger partial charge in [0.15, 0.2) is 0 Å². The second-order valence-corrected chi connectivity index (χ2v) is 2.91. The van der Waals surface area contributed by atoms with Crippen LogP contribution in [0.25, 0.3) is 0 Å². The Bertz CT molecular complexity index is 95.4. The molecule has 1 aliphatic carbocycles. The van der Waals surface area contributed by atoms with Crippen LogP contribution in [0.1, 0.15) is 25.7 Å². The second-order valence-electron chi connectivity index (χ2n) is 2.91. The van der Waals surface area contributed by atoms with E-state index in [2.05, 4.69) is 12.7 Å². The van der Waals surface area contributed by atoms with Crippen molar-refractivity contribution in [2.24, 2.45) is 11.7 Å². The van der Waals surface area contributed by atoms with Crippen molar-refractivity contribution in [2.75, 3.05) is 0 Å². The topological polar surface area (TPSA) is 26.0 Å². The van der Waals surface area contributed by atoms with Crippen LogP contribution in [-0.4, -0.2) is 6.04 Å². The quantitative estimate of drug-likeness (QED) is 0.586. The highest BCUT2D eigenvalue weighted by molar-refractivity contribution is 5.85. The molecule has 10 heavy (non-hydrogen) atoms. The van der Waals surface area contributed by atoms with E-state index in [0.29, 0.717) is 6.04 Å². The van der Waals surface area contributed by atoms with Crippen LogP contribution < -0.4 is 5.73 Å². The van der Waals surface area contributed by atoms with E-state index < -0.39 is 0 Å². The summed E-state index contributed by atoms with van der Waals surface area (Å²) in [6, 6.07) is 0.473. The zero-order valence-electron chi connectivity index (χ0n) is 6.25. The highest BCUT2D eigenvalue weighted by atomic mass is 35.5. The lowest BCUT2D eigenvalue weighted by Gasteiger charge is -2.22. The van der Waals surface area contributed by atoms with Crippen molar-refractivity contribution in [2.45, 2.75) is 31.7 Å². The van der Waals surface area contributed by atoms with Gasteiger partial charge >= 0.3 is 0 Å². The first kappa shape index (κ1) is 9.99. The molecule has 2 heteroatoms. The molecule has 0 atom stereocenters. The van der Waals surface area contributed by atoms with Crippen LogP contribution in [0.2, 0.25) is 0 Å². The number of rotatable bonds is 1. The summed E-state index contributed by atoms with van der Waals surface area (Å²) in [6.07, 6.45) is 6.95. The Balaban J connectivity index is 0.000000810. The fraction of sp³-hybridized carbons (Fsp3) is 0.750. The molecule has 60 valence electrons. The van der Waals surface area contributed by atoms with E-state index in [4.69, 9.17) is 5.73 Å². The third kappa shape index (κ3) is 2.72. The number of allylic oxidation sites excluding steroid dienone is 1. The van der Waals surface area contributed by atoms with Crippen molar-refractivity contribution in [3.8, 4) is 0 Å². The molecule has 0 bridgehead atoms. The summed E-state index contributed by atoms with van der Waals surface area (Å²) in [4.78, 5) is 0. The molecule has 0 aromatic heterocycles. The average molecular weight is 162 g/mol. The van der Waals surface area contributed by atoms with Gasteiger partial charge in [0.1, 0.15) is 0 Å². The monoisotopic (exact) mass is 161 g/mol. The maximum atomic E-state index is 5.72. The number of hydrogen-bond acceptors (Lipinski definition) is 1. The molecular formula is C8H16ClN. The minimum Gasteiger partial charge on any atom is -0.328 e. The molecule has 1 fully saturated rings. The van der Waals surface area contributed by atoms with Gasteiger partial charge in [0.25, 0.3) is 0 Å². The van der Waals surface area contributed by atoms with Crippen molar-refractivity contribution in [1.29, 1.82) is 0 Å². The molecule has 0 aromatic carbocycles. The first-order valence-corrected chi connectivity index (χ1v) is 3.71.